The van der Waals surface area contributed by atoms with E-state index in [4.69, 9.17) is 21.3 Å². The number of hydrogen-bond donors (Lipinski definition) is 2. The van der Waals surface area contributed by atoms with Gasteiger partial charge in [-0.2, -0.15) is 0 Å². The number of amides is 1. The molecule has 0 radical (unpaired) electrons. The molecule has 1 fully saturated rings. The number of piperazine rings is 1. The van der Waals surface area contributed by atoms with Crippen LogP contribution in [-0.2, 0) is 10.0 Å². The van der Waals surface area contributed by atoms with Crippen LogP contribution in [0.25, 0.3) is 10.2 Å². The Labute approximate surface area is 242 Å². The van der Waals surface area contributed by atoms with Crippen molar-refractivity contribution < 1.29 is 17.9 Å². The van der Waals surface area contributed by atoms with E-state index in [9.17, 15) is 13.2 Å². The second-order valence-electron chi connectivity index (χ2n) is 9.48. The number of carbonyl (C=O) groups is 1. The minimum atomic E-state index is -3.80. The molecule has 2 heterocycles. The van der Waals surface area contributed by atoms with Gasteiger partial charge >= 0.3 is 0 Å². The second kappa shape index (κ2) is 12.0. The highest BCUT2D eigenvalue weighted by atomic mass is 35.5. The number of fused-ring (bicyclic) bond motifs is 1. The second-order valence-corrected chi connectivity index (χ2v) is 12.6. The zero-order chi connectivity index (χ0) is 28.3. The largest absolute Gasteiger partial charge is 0.494 e. The number of hydrogen-bond acceptors (Lipinski definition) is 8. The Morgan fingerprint density at radius 1 is 1.07 bits per heavy atom. The van der Waals surface area contributed by atoms with Crippen LogP contribution >= 0.6 is 22.9 Å². The van der Waals surface area contributed by atoms with Crippen LogP contribution in [0.4, 0.5) is 10.8 Å². The van der Waals surface area contributed by atoms with Gasteiger partial charge in [-0.15, -0.1) is 0 Å². The van der Waals surface area contributed by atoms with Gasteiger partial charge in [-0.05, 0) is 61.0 Å². The van der Waals surface area contributed by atoms with E-state index in [0.717, 1.165) is 53.8 Å². The summed E-state index contributed by atoms with van der Waals surface area (Å²) in [6, 6.07) is 16.3. The van der Waals surface area contributed by atoms with Crippen LogP contribution in [0.2, 0.25) is 5.02 Å². The van der Waals surface area contributed by atoms with Gasteiger partial charge in [0.1, 0.15) is 11.3 Å². The molecule has 0 atom stereocenters. The zero-order valence-corrected chi connectivity index (χ0v) is 24.6. The van der Waals surface area contributed by atoms with E-state index in [1.165, 1.54) is 35.9 Å². The Kier molecular flexibility index (Phi) is 8.46. The van der Waals surface area contributed by atoms with Crippen molar-refractivity contribution in [2.24, 2.45) is 0 Å². The average Bonchev–Trinajstić information content (AvgIpc) is 3.40. The van der Waals surface area contributed by atoms with Crippen LogP contribution in [0.3, 0.4) is 0 Å². The Balaban J connectivity index is 1.11. The molecule has 1 aliphatic rings. The third-order valence-corrected chi connectivity index (χ3v) is 9.67. The van der Waals surface area contributed by atoms with E-state index in [2.05, 4.69) is 32.8 Å². The van der Waals surface area contributed by atoms with Crippen molar-refractivity contribution in [1.82, 2.24) is 15.2 Å². The number of aryl methyl sites for hydroxylation is 1. The quantitative estimate of drug-likeness (QED) is 0.289. The zero-order valence-electron chi connectivity index (χ0n) is 22.2. The first-order chi connectivity index (χ1) is 19.2. The summed E-state index contributed by atoms with van der Waals surface area (Å²) < 4.78 is 34.5. The number of benzene rings is 3. The molecule has 0 bridgehead atoms. The lowest BCUT2D eigenvalue weighted by molar-refractivity contribution is 0.0948. The molecule has 0 aliphatic carbocycles. The number of aromatic nitrogens is 1. The molecule has 1 aliphatic heterocycles. The summed E-state index contributed by atoms with van der Waals surface area (Å²) in [7, 11) is -2.13. The average molecular weight is 600 g/mol. The molecule has 4 aromatic rings. The molecule has 0 unspecified atom stereocenters. The van der Waals surface area contributed by atoms with Crippen LogP contribution in [0.15, 0.2) is 65.6 Å². The summed E-state index contributed by atoms with van der Waals surface area (Å²) in [5, 5.41) is 4.39. The summed E-state index contributed by atoms with van der Waals surface area (Å²) in [6.07, 6.45) is 0. The number of rotatable bonds is 9. The highest BCUT2D eigenvalue weighted by Gasteiger charge is 2.21. The Morgan fingerprint density at radius 3 is 2.55 bits per heavy atom. The fraction of sp³-hybridized carbons (Fsp3) is 0.286. The first-order valence-corrected chi connectivity index (χ1v) is 15.5. The van der Waals surface area contributed by atoms with E-state index in [1.807, 2.05) is 6.07 Å². The fourth-order valence-electron chi connectivity index (χ4n) is 4.54. The first kappa shape index (κ1) is 28.2. The van der Waals surface area contributed by atoms with E-state index < -0.39 is 10.0 Å². The summed E-state index contributed by atoms with van der Waals surface area (Å²) in [5.74, 6) is 0.534. The van der Waals surface area contributed by atoms with Gasteiger partial charge in [0.25, 0.3) is 15.9 Å². The minimum absolute atomic E-state index is 0.0878. The van der Waals surface area contributed by atoms with Crippen LogP contribution < -0.4 is 19.7 Å². The predicted octanol–water partition coefficient (Wildman–Crippen LogP) is 4.62. The number of anilines is 2. The van der Waals surface area contributed by atoms with Gasteiger partial charge in [0, 0.05) is 55.5 Å². The Bertz CT molecular complexity index is 1620. The normalized spacial score (nSPS) is 14.3. The lowest BCUT2D eigenvalue weighted by Crippen LogP contribution is -2.48. The maximum absolute atomic E-state index is 12.8. The van der Waals surface area contributed by atoms with Gasteiger partial charge in [-0.25, -0.2) is 13.4 Å². The Hall–Kier alpha value is -3.38. The number of methoxy groups -OCH3 is 1. The number of sulfonamides is 1. The molecule has 12 heteroatoms. The molecule has 1 aromatic heterocycles. The standard InChI is InChI=1S/C28H30ClN5O4S2/c1-19-6-11-24(38-2)25-26(19)39-28(31-25)34-16-14-33(15-17-34)13-12-30-27(35)20-4-3-5-22(18-20)32-40(36,37)23-9-7-21(29)8-10-23/h3-11,18,32H,12-17H2,1-2H3,(H,30,35). The number of nitrogens with one attached hydrogen (secondary N) is 2. The maximum atomic E-state index is 12.8. The molecule has 1 saturated heterocycles. The topological polar surface area (TPSA) is 104 Å². The van der Waals surface area contributed by atoms with Crippen molar-refractivity contribution in [2.45, 2.75) is 11.8 Å². The van der Waals surface area contributed by atoms with Crippen molar-refractivity contribution in [3.05, 3.63) is 76.8 Å². The van der Waals surface area contributed by atoms with E-state index in [-0.39, 0.29) is 10.8 Å². The molecule has 0 spiro atoms. The van der Waals surface area contributed by atoms with Crippen LogP contribution in [0.1, 0.15) is 15.9 Å². The number of ether oxygens (including phenoxy) is 1. The molecule has 9 nitrogen and oxygen atoms in total. The fourth-order valence-corrected chi connectivity index (χ4v) is 6.82. The lowest BCUT2D eigenvalue weighted by Gasteiger charge is -2.34. The van der Waals surface area contributed by atoms with Gasteiger partial charge < -0.3 is 15.0 Å². The summed E-state index contributed by atoms with van der Waals surface area (Å²) in [4.78, 5) is 22.3. The summed E-state index contributed by atoms with van der Waals surface area (Å²) in [6.45, 7) is 6.72. The smallest absolute Gasteiger partial charge is 0.261 e. The van der Waals surface area contributed by atoms with Crippen molar-refractivity contribution >= 4 is 59.9 Å². The molecule has 3 aromatic carbocycles. The monoisotopic (exact) mass is 599 g/mol. The van der Waals surface area contributed by atoms with Crippen molar-refractivity contribution in [2.75, 3.05) is 56.0 Å². The number of halogens is 1. The maximum Gasteiger partial charge on any atom is 0.261 e. The molecular weight excluding hydrogens is 570 g/mol. The van der Waals surface area contributed by atoms with Gasteiger partial charge in [0.15, 0.2) is 5.13 Å². The predicted molar refractivity (Wildman–Crippen MR) is 161 cm³/mol. The SMILES string of the molecule is COc1ccc(C)c2sc(N3CCN(CCNC(=O)c4cccc(NS(=O)(=O)c5ccc(Cl)cc5)c4)CC3)nc12. The van der Waals surface area contributed by atoms with Crippen molar-refractivity contribution in [3.63, 3.8) is 0 Å². The van der Waals surface area contributed by atoms with E-state index in [1.54, 1.807) is 36.6 Å². The van der Waals surface area contributed by atoms with E-state index >= 15 is 0 Å². The highest BCUT2D eigenvalue weighted by molar-refractivity contribution is 7.92. The number of thiazole rings is 1. The lowest BCUT2D eigenvalue weighted by atomic mass is 10.2. The van der Waals surface area contributed by atoms with Gasteiger partial charge in [-0.1, -0.05) is 35.1 Å². The molecule has 0 saturated carbocycles. The van der Waals surface area contributed by atoms with Crippen molar-refractivity contribution in [3.8, 4) is 5.75 Å². The van der Waals surface area contributed by atoms with Crippen molar-refractivity contribution in [1.29, 1.82) is 0 Å². The third-order valence-electron chi connectivity index (χ3n) is 6.77. The number of nitrogens with zero attached hydrogens (tertiary/aromatic N) is 3. The summed E-state index contributed by atoms with van der Waals surface area (Å²) in [5.41, 5.74) is 2.79. The van der Waals surface area contributed by atoms with Crippen LogP contribution in [0, 0.1) is 6.92 Å². The summed E-state index contributed by atoms with van der Waals surface area (Å²) >= 11 is 7.55. The molecule has 5 rings (SSSR count). The molecular formula is C28H30ClN5O4S2. The minimum Gasteiger partial charge on any atom is -0.494 e. The highest BCUT2D eigenvalue weighted by Crippen LogP contribution is 2.36. The van der Waals surface area contributed by atoms with Gasteiger partial charge in [0.05, 0.1) is 16.7 Å². The van der Waals surface area contributed by atoms with Gasteiger partial charge in [0.2, 0.25) is 0 Å². The van der Waals surface area contributed by atoms with Crippen LogP contribution in [-0.4, -0.2) is 70.6 Å². The molecule has 1 amide bonds. The first-order valence-electron chi connectivity index (χ1n) is 12.8. The Morgan fingerprint density at radius 2 is 1.82 bits per heavy atom. The van der Waals surface area contributed by atoms with E-state index in [0.29, 0.717) is 22.8 Å². The molecule has 210 valence electrons. The third kappa shape index (κ3) is 6.33. The molecule has 40 heavy (non-hydrogen) atoms. The van der Waals surface area contributed by atoms with Crippen LogP contribution in [0.5, 0.6) is 5.75 Å². The number of carbonyl (C=O) groups excluding carboxylic acids is 1. The molecule has 2 N–H and O–H groups in total. The van der Waals surface area contributed by atoms with Gasteiger partial charge in [-0.3, -0.25) is 14.4 Å².